The Morgan fingerprint density at radius 2 is 1.88 bits per heavy atom. The molecule has 0 bridgehead atoms. The fourth-order valence-corrected chi connectivity index (χ4v) is 3.08. The monoisotopic (exact) mass is 345 g/mol. The SMILES string of the molecule is CCCN(CCC)C(=O)CCc1c(C)c2ccc(OC)cc2oc1=O. The first-order valence-corrected chi connectivity index (χ1v) is 8.89. The second kappa shape index (κ2) is 8.70. The van der Waals surface area contributed by atoms with Crippen LogP contribution < -0.4 is 10.4 Å². The van der Waals surface area contributed by atoms with Gasteiger partial charge in [0.25, 0.3) is 0 Å². The van der Waals surface area contributed by atoms with Crippen LogP contribution in [0.4, 0.5) is 0 Å². The molecule has 5 heteroatoms. The van der Waals surface area contributed by atoms with Crippen LogP contribution >= 0.6 is 0 Å². The van der Waals surface area contributed by atoms with E-state index in [1.165, 1.54) is 0 Å². The van der Waals surface area contributed by atoms with E-state index in [0.29, 0.717) is 29.7 Å². The smallest absolute Gasteiger partial charge is 0.339 e. The zero-order valence-electron chi connectivity index (χ0n) is 15.6. The number of carbonyl (C=O) groups excluding carboxylic acids is 1. The molecule has 0 aliphatic rings. The summed E-state index contributed by atoms with van der Waals surface area (Å²) >= 11 is 0. The van der Waals surface area contributed by atoms with Gasteiger partial charge in [-0.2, -0.15) is 0 Å². The van der Waals surface area contributed by atoms with Crippen LogP contribution in [0, 0.1) is 6.92 Å². The number of hydrogen-bond acceptors (Lipinski definition) is 4. The summed E-state index contributed by atoms with van der Waals surface area (Å²) < 4.78 is 10.6. The quantitative estimate of drug-likeness (QED) is 0.685. The molecule has 1 amide bonds. The Morgan fingerprint density at radius 1 is 1.20 bits per heavy atom. The number of aryl methyl sites for hydroxylation is 1. The number of carbonyl (C=O) groups is 1. The summed E-state index contributed by atoms with van der Waals surface area (Å²) in [5, 5.41) is 0.877. The van der Waals surface area contributed by atoms with Gasteiger partial charge in [-0.3, -0.25) is 4.79 Å². The Hall–Kier alpha value is -2.30. The van der Waals surface area contributed by atoms with Gasteiger partial charge in [0, 0.05) is 36.5 Å². The van der Waals surface area contributed by atoms with E-state index in [1.807, 2.05) is 24.0 Å². The average molecular weight is 345 g/mol. The molecule has 0 saturated heterocycles. The summed E-state index contributed by atoms with van der Waals surface area (Å²) in [5.74, 6) is 0.741. The van der Waals surface area contributed by atoms with Gasteiger partial charge in [-0.05, 0) is 43.9 Å². The molecule has 25 heavy (non-hydrogen) atoms. The van der Waals surface area contributed by atoms with Crippen LogP contribution in [0.15, 0.2) is 27.4 Å². The molecule has 1 aromatic carbocycles. The molecule has 1 heterocycles. The van der Waals surface area contributed by atoms with Crippen LogP contribution in [0.2, 0.25) is 0 Å². The van der Waals surface area contributed by atoms with Crippen LogP contribution in [0.5, 0.6) is 5.75 Å². The first kappa shape index (κ1) is 19.0. The standard InChI is InChI=1S/C20H27NO4/c1-5-11-21(12-6-2)19(22)10-9-17-14(3)16-8-7-15(24-4)13-18(16)25-20(17)23/h7-8,13H,5-6,9-12H2,1-4H3. The second-order valence-corrected chi connectivity index (χ2v) is 6.24. The van der Waals surface area contributed by atoms with Crippen molar-refractivity contribution in [2.24, 2.45) is 0 Å². The molecule has 0 saturated carbocycles. The third-order valence-electron chi connectivity index (χ3n) is 4.42. The number of hydrogen-bond donors (Lipinski definition) is 0. The van der Waals surface area contributed by atoms with E-state index >= 15 is 0 Å². The number of ether oxygens (including phenoxy) is 1. The molecule has 0 N–H and O–H groups in total. The summed E-state index contributed by atoms with van der Waals surface area (Å²) in [6, 6.07) is 5.44. The first-order chi connectivity index (χ1) is 12.0. The molecule has 0 unspecified atom stereocenters. The minimum absolute atomic E-state index is 0.0947. The van der Waals surface area contributed by atoms with Crippen molar-refractivity contribution < 1.29 is 13.9 Å². The lowest BCUT2D eigenvalue weighted by atomic mass is 10.0. The van der Waals surface area contributed by atoms with Gasteiger partial charge < -0.3 is 14.1 Å². The van der Waals surface area contributed by atoms with Gasteiger partial charge in [-0.15, -0.1) is 0 Å². The van der Waals surface area contributed by atoms with Crippen molar-refractivity contribution >= 4 is 16.9 Å². The fraction of sp³-hybridized carbons (Fsp3) is 0.500. The zero-order valence-corrected chi connectivity index (χ0v) is 15.6. The minimum Gasteiger partial charge on any atom is -0.497 e. The molecule has 1 aromatic heterocycles. The van der Waals surface area contributed by atoms with Gasteiger partial charge in [-0.1, -0.05) is 13.8 Å². The zero-order chi connectivity index (χ0) is 18.4. The van der Waals surface area contributed by atoms with Crippen LogP contribution in [-0.4, -0.2) is 31.0 Å². The molecule has 2 aromatic rings. The molecule has 0 fully saturated rings. The molecule has 0 aliphatic heterocycles. The topological polar surface area (TPSA) is 59.8 Å². The highest BCUT2D eigenvalue weighted by Gasteiger charge is 2.16. The third-order valence-corrected chi connectivity index (χ3v) is 4.42. The molecular weight excluding hydrogens is 318 g/mol. The molecule has 5 nitrogen and oxygen atoms in total. The maximum Gasteiger partial charge on any atom is 0.339 e. The highest BCUT2D eigenvalue weighted by molar-refractivity contribution is 5.82. The predicted molar refractivity (Wildman–Crippen MR) is 99.3 cm³/mol. The molecule has 2 rings (SSSR count). The van der Waals surface area contributed by atoms with Gasteiger partial charge in [0.2, 0.25) is 5.91 Å². The fourth-order valence-electron chi connectivity index (χ4n) is 3.08. The van der Waals surface area contributed by atoms with Gasteiger partial charge >= 0.3 is 5.63 Å². The summed E-state index contributed by atoms with van der Waals surface area (Å²) in [6.45, 7) is 7.55. The van der Waals surface area contributed by atoms with E-state index in [0.717, 1.165) is 36.9 Å². The van der Waals surface area contributed by atoms with Crippen LogP contribution in [-0.2, 0) is 11.2 Å². The van der Waals surface area contributed by atoms with Crippen molar-refractivity contribution in [1.29, 1.82) is 0 Å². The molecule has 136 valence electrons. The van der Waals surface area contributed by atoms with E-state index in [2.05, 4.69) is 13.8 Å². The molecule has 0 spiro atoms. The van der Waals surface area contributed by atoms with Crippen molar-refractivity contribution in [3.05, 3.63) is 39.7 Å². The van der Waals surface area contributed by atoms with Gasteiger partial charge in [0.15, 0.2) is 0 Å². The van der Waals surface area contributed by atoms with Crippen LogP contribution in [0.25, 0.3) is 11.0 Å². The number of nitrogens with zero attached hydrogens (tertiary/aromatic N) is 1. The maximum absolute atomic E-state index is 12.4. The number of benzene rings is 1. The van der Waals surface area contributed by atoms with Gasteiger partial charge in [0.05, 0.1) is 7.11 Å². The van der Waals surface area contributed by atoms with Crippen molar-refractivity contribution in [3.8, 4) is 5.75 Å². The normalized spacial score (nSPS) is 10.9. The number of amides is 1. The summed E-state index contributed by atoms with van der Waals surface area (Å²) in [4.78, 5) is 26.7. The average Bonchev–Trinajstić information content (AvgIpc) is 2.60. The lowest BCUT2D eigenvalue weighted by Crippen LogP contribution is -2.33. The Bertz CT molecular complexity index is 788. The van der Waals surface area contributed by atoms with E-state index in [-0.39, 0.29) is 11.5 Å². The Kier molecular flexibility index (Phi) is 6.62. The van der Waals surface area contributed by atoms with Crippen molar-refractivity contribution in [2.45, 2.75) is 46.5 Å². The van der Waals surface area contributed by atoms with Crippen molar-refractivity contribution in [1.82, 2.24) is 4.90 Å². The van der Waals surface area contributed by atoms with Crippen molar-refractivity contribution in [2.75, 3.05) is 20.2 Å². The van der Waals surface area contributed by atoms with E-state index in [9.17, 15) is 9.59 Å². The Balaban J connectivity index is 2.23. The van der Waals surface area contributed by atoms with Gasteiger partial charge in [-0.25, -0.2) is 4.79 Å². The molecular formula is C20H27NO4. The number of methoxy groups -OCH3 is 1. The predicted octanol–water partition coefficient (Wildman–Crippen LogP) is 3.69. The summed E-state index contributed by atoms with van der Waals surface area (Å²) in [7, 11) is 1.57. The van der Waals surface area contributed by atoms with E-state index in [1.54, 1.807) is 13.2 Å². The number of fused-ring (bicyclic) bond motifs is 1. The third kappa shape index (κ3) is 4.41. The maximum atomic E-state index is 12.4. The molecule has 0 aliphatic carbocycles. The highest BCUT2D eigenvalue weighted by Crippen LogP contribution is 2.24. The first-order valence-electron chi connectivity index (χ1n) is 8.89. The second-order valence-electron chi connectivity index (χ2n) is 6.24. The largest absolute Gasteiger partial charge is 0.497 e. The Labute approximate surface area is 148 Å². The van der Waals surface area contributed by atoms with Gasteiger partial charge in [0.1, 0.15) is 11.3 Å². The lowest BCUT2D eigenvalue weighted by molar-refractivity contribution is -0.131. The highest BCUT2D eigenvalue weighted by atomic mass is 16.5. The van der Waals surface area contributed by atoms with Crippen LogP contribution in [0.1, 0.15) is 44.2 Å². The van der Waals surface area contributed by atoms with Crippen LogP contribution in [0.3, 0.4) is 0 Å². The summed E-state index contributed by atoms with van der Waals surface area (Å²) in [5.41, 5.74) is 1.59. The molecule has 0 radical (unpaired) electrons. The van der Waals surface area contributed by atoms with E-state index < -0.39 is 0 Å². The molecule has 0 atom stereocenters. The number of rotatable bonds is 8. The summed E-state index contributed by atoms with van der Waals surface area (Å²) in [6.07, 6.45) is 2.60. The Morgan fingerprint density at radius 3 is 2.48 bits per heavy atom. The lowest BCUT2D eigenvalue weighted by Gasteiger charge is -2.21. The van der Waals surface area contributed by atoms with Crippen molar-refractivity contribution in [3.63, 3.8) is 0 Å². The minimum atomic E-state index is -0.372. The van der Waals surface area contributed by atoms with E-state index in [4.69, 9.17) is 9.15 Å².